The third-order valence-electron chi connectivity index (χ3n) is 4.88. The summed E-state index contributed by atoms with van der Waals surface area (Å²) in [6.07, 6.45) is 3.83. The van der Waals surface area contributed by atoms with E-state index in [1.165, 1.54) is 29.2 Å². The van der Waals surface area contributed by atoms with E-state index in [-0.39, 0.29) is 11.7 Å². The first-order valence-electron chi connectivity index (χ1n) is 8.10. The summed E-state index contributed by atoms with van der Waals surface area (Å²) in [6, 6.07) is 4.88. The van der Waals surface area contributed by atoms with Gasteiger partial charge in [0.25, 0.3) is 5.91 Å². The molecule has 1 saturated heterocycles. The summed E-state index contributed by atoms with van der Waals surface area (Å²) in [5.74, 6) is 0.256. The van der Waals surface area contributed by atoms with Crippen LogP contribution in [0, 0.1) is 12.7 Å². The maximum atomic E-state index is 13.3. The molecule has 0 aliphatic carbocycles. The Hall–Kier alpha value is -2.21. The predicted molar refractivity (Wildman–Crippen MR) is 93.0 cm³/mol. The number of nitrogens with zero attached hydrogens (tertiary/aromatic N) is 2. The monoisotopic (exact) mass is 343 g/mol. The third-order valence-corrected chi connectivity index (χ3v) is 5.60. The molecule has 1 aliphatic rings. The number of benzene rings is 1. The Kier molecular flexibility index (Phi) is 3.84. The summed E-state index contributed by atoms with van der Waals surface area (Å²) in [6.45, 7) is 3.36. The summed E-state index contributed by atoms with van der Waals surface area (Å²) in [5, 5.41) is 2.91. The molecule has 124 valence electrons. The number of nitrogens with one attached hydrogen (secondary N) is 1. The van der Waals surface area contributed by atoms with Gasteiger partial charge in [0.1, 0.15) is 5.82 Å². The molecule has 1 aliphatic heterocycles. The minimum atomic E-state index is -0.226. The SMILES string of the molecule is Cc1nscc1C(=O)N1CCC(c2c[nH]c3cc(F)ccc23)CC1. The molecule has 3 heterocycles. The van der Waals surface area contributed by atoms with Crippen LogP contribution in [0.15, 0.2) is 29.8 Å². The van der Waals surface area contributed by atoms with Crippen molar-refractivity contribution in [3.05, 3.63) is 52.4 Å². The van der Waals surface area contributed by atoms with Crippen LogP contribution in [-0.4, -0.2) is 33.3 Å². The number of carbonyl (C=O) groups excluding carboxylic acids is 1. The average Bonchev–Trinajstić information content (AvgIpc) is 3.20. The molecule has 3 aromatic rings. The summed E-state index contributed by atoms with van der Waals surface area (Å²) in [4.78, 5) is 17.7. The lowest BCUT2D eigenvalue weighted by Gasteiger charge is -2.32. The van der Waals surface area contributed by atoms with Crippen molar-refractivity contribution in [3.8, 4) is 0 Å². The van der Waals surface area contributed by atoms with Crippen LogP contribution in [0.5, 0.6) is 0 Å². The zero-order chi connectivity index (χ0) is 16.7. The van der Waals surface area contributed by atoms with E-state index in [9.17, 15) is 9.18 Å². The van der Waals surface area contributed by atoms with Crippen molar-refractivity contribution in [2.75, 3.05) is 13.1 Å². The second kappa shape index (κ2) is 6.02. The number of hydrogen-bond acceptors (Lipinski definition) is 3. The molecular formula is C18H18FN3OS. The van der Waals surface area contributed by atoms with Crippen LogP contribution in [0.25, 0.3) is 10.9 Å². The van der Waals surface area contributed by atoms with Gasteiger partial charge in [0.05, 0.1) is 11.3 Å². The van der Waals surface area contributed by atoms with Gasteiger partial charge >= 0.3 is 0 Å². The molecule has 1 aromatic carbocycles. The lowest BCUT2D eigenvalue weighted by Crippen LogP contribution is -2.38. The van der Waals surface area contributed by atoms with E-state index in [2.05, 4.69) is 9.36 Å². The number of fused-ring (bicyclic) bond motifs is 1. The number of piperidine rings is 1. The highest BCUT2D eigenvalue weighted by Crippen LogP contribution is 2.33. The van der Waals surface area contributed by atoms with E-state index in [0.717, 1.165) is 48.1 Å². The van der Waals surface area contributed by atoms with Crippen molar-refractivity contribution < 1.29 is 9.18 Å². The summed E-state index contributed by atoms with van der Waals surface area (Å²) in [7, 11) is 0. The molecule has 6 heteroatoms. The molecule has 0 radical (unpaired) electrons. The van der Waals surface area contributed by atoms with Crippen LogP contribution in [0.1, 0.15) is 40.4 Å². The van der Waals surface area contributed by atoms with Crippen molar-refractivity contribution in [1.82, 2.24) is 14.3 Å². The quantitative estimate of drug-likeness (QED) is 0.762. The highest BCUT2D eigenvalue weighted by atomic mass is 32.1. The lowest BCUT2D eigenvalue weighted by molar-refractivity contribution is 0.0713. The van der Waals surface area contributed by atoms with Crippen LogP contribution >= 0.6 is 11.5 Å². The Morgan fingerprint density at radius 1 is 1.38 bits per heavy atom. The minimum absolute atomic E-state index is 0.0840. The number of aromatic nitrogens is 2. The number of hydrogen-bond donors (Lipinski definition) is 1. The molecule has 0 unspecified atom stereocenters. The van der Waals surface area contributed by atoms with E-state index in [1.807, 2.05) is 29.5 Å². The molecule has 1 amide bonds. The Morgan fingerprint density at radius 3 is 2.88 bits per heavy atom. The normalized spacial score (nSPS) is 16.0. The molecule has 1 fully saturated rings. The molecule has 0 spiro atoms. The zero-order valence-electron chi connectivity index (χ0n) is 13.4. The number of likely N-dealkylation sites (tertiary alicyclic amines) is 1. The van der Waals surface area contributed by atoms with Gasteiger partial charge < -0.3 is 9.88 Å². The van der Waals surface area contributed by atoms with Crippen LogP contribution in [-0.2, 0) is 0 Å². The summed E-state index contributed by atoms with van der Waals surface area (Å²) in [5.41, 5.74) is 3.60. The van der Waals surface area contributed by atoms with Gasteiger partial charge in [-0.15, -0.1) is 0 Å². The highest BCUT2D eigenvalue weighted by molar-refractivity contribution is 7.03. The van der Waals surface area contributed by atoms with Crippen LogP contribution in [0.3, 0.4) is 0 Å². The van der Waals surface area contributed by atoms with Crippen molar-refractivity contribution in [2.24, 2.45) is 0 Å². The van der Waals surface area contributed by atoms with Crippen LogP contribution in [0.4, 0.5) is 4.39 Å². The van der Waals surface area contributed by atoms with Crippen LogP contribution in [0.2, 0.25) is 0 Å². The van der Waals surface area contributed by atoms with Gasteiger partial charge in [0, 0.05) is 35.6 Å². The number of aryl methyl sites for hydroxylation is 1. The molecule has 0 bridgehead atoms. The number of amides is 1. The Bertz CT molecular complexity index is 893. The minimum Gasteiger partial charge on any atom is -0.361 e. The first-order chi connectivity index (χ1) is 11.6. The number of aromatic amines is 1. The second-order valence-electron chi connectivity index (χ2n) is 6.31. The number of carbonyl (C=O) groups is 1. The van der Waals surface area contributed by atoms with E-state index < -0.39 is 0 Å². The fourth-order valence-electron chi connectivity index (χ4n) is 3.52. The van der Waals surface area contributed by atoms with Gasteiger partial charge in [0.2, 0.25) is 0 Å². The Balaban J connectivity index is 1.49. The predicted octanol–water partition coefficient (Wildman–Crippen LogP) is 4.09. The highest BCUT2D eigenvalue weighted by Gasteiger charge is 2.27. The van der Waals surface area contributed by atoms with Crippen molar-refractivity contribution in [3.63, 3.8) is 0 Å². The van der Waals surface area contributed by atoms with Crippen LogP contribution < -0.4 is 0 Å². The molecule has 4 rings (SSSR count). The molecule has 1 N–H and O–H groups in total. The van der Waals surface area contributed by atoms with Gasteiger partial charge in [-0.3, -0.25) is 4.79 Å². The third kappa shape index (κ3) is 2.60. The second-order valence-corrected chi connectivity index (χ2v) is 6.94. The molecule has 24 heavy (non-hydrogen) atoms. The molecular weight excluding hydrogens is 325 g/mol. The van der Waals surface area contributed by atoms with E-state index in [4.69, 9.17) is 0 Å². The molecule has 0 atom stereocenters. The molecule has 4 nitrogen and oxygen atoms in total. The van der Waals surface area contributed by atoms with Crippen molar-refractivity contribution >= 4 is 28.3 Å². The van der Waals surface area contributed by atoms with E-state index in [1.54, 1.807) is 0 Å². The average molecular weight is 343 g/mol. The van der Waals surface area contributed by atoms with E-state index >= 15 is 0 Å². The number of H-pyrrole nitrogens is 1. The molecule has 0 saturated carbocycles. The molecule has 2 aromatic heterocycles. The number of halogens is 1. The first kappa shape index (κ1) is 15.3. The smallest absolute Gasteiger partial charge is 0.256 e. The van der Waals surface area contributed by atoms with Gasteiger partial charge in [-0.2, -0.15) is 4.37 Å². The summed E-state index contributed by atoms with van der Waals surface area (Å²) < 4.78 is 17.5. The zero-order valence-corrected chi connectivity index (χ0v) is 14.2. The first-order valence-corrected chi connectivity index (χ1v) is 8.94. The van der Waals surface area contributed by atoms with Crippen molar-refractivity contribution in [2.45, 2.75) is 25.7 Å². The van der Waals surface area contributed by atoms with Gasteiger partial charge in [-0.25, -0.2) is 4.39 Å². The van der Waals surface area contributed by atoms with Gasteiger partial charge in [0.15, 0.2) is 0 Å². The standard InChI is InChI=1S/C18H18FN3OS/c1-11-16(10-24-21-11)18(23)22-6-4-12(5-7-22)15-9-20-17-8-13(19)2-3-14(15)17/h2-3,8-10,12,20H,4-7H2,1H3. The lowest BCUT2D eigenvalue weighted by atomic mass is 9.89. The van der Waals surface area contributed by atoms with Gasteiger partial charge in [-0.05, 0) is 61.0 Å². The Labute approximate surface area is 143 Å². The largest absolute Gasteiger partial charge is 0.361 e. The summed E-state index contributed by atoms with van der Waals surface area (Å²) >= 11 is 1.33. The maximum Gasteiger partial charge on any atom is 0.256 e. The van der Waals surface area contributed by atoms with Crippen molar-refractivity contribution in [1.29, 1.82) is 0 Å². The fraction of sp³-hybridized carbons (Fsp3) is 0.333. The number of rotatable bonds is 2. The van der Waals surface area contributed by atoms with Gasteiger partial charge in [-0.1, -0.05) is 0 Å². The van der Waals surface area contributed by atoms with E-state index in [0.29, 0.717) is 5.92 Å². The maximum absolute atomic E-state index is 13.3. The fourth-order valence-corrected chi connectivity index (χ4v) is 4.21. The Morgan fingerprint density at radius 2 is 2.17 bits per heavy atom. The topological polar surface area (TPSA) is 49.0 Å².